The van der Waals surface area contributed by atoms with E-state index in [1.165, 1.54) is 44.1 Å². The Kier molecular flexibility index (Phi) is 6.00. The zero-order valence-corrected chi connectivity index (χ0v) is 22.5. The third kappa shape index (κ3) is 3.57. The first-order valence-electron chi connectivity index (χ1n) is 13.7. The number of allylic oxidation sites excluding steroid dienone is 1. The van der Waals surface area contributed by atoms with Crippen LogP contribution in [-0.4, -0.2) is 21.8 Å². The number of carboxylic acid groups (broad SMARTS) is 1. The van der Waals surface area contributed by atoms with Crippen LogP contribution in [0.3, 0.4) is 0 Å². The smallest absolute Gasteiger partial charge is 0.303 e. The van der Waals surface area contributed by atoms with Crippen LogP contribution < -0.4 is 0 Å². The number of rotatable bonds is 5. The van der Waals surface area contributed by atoms with E-state index in [0.717, 1.165) is 19.3 Å². The van der Waals surface area contributed by atoms with Gasteiger partial charge in [0.25, 0.3) is 0 Å². The minimum atomic E-state index is -0.670. The molecular formula is C30H50O3. The number of carboxylic acids is 1. The van der Waals surface area contributed by atoms with E-state index in [9.17, 15) is 15.0 Å². The molecule has 3 nitrogen and oxygen atoms in total. The van der Waals surface area contributed by atoms with Crippen LogP contribution in [0, 0.1) is 51.2 Å². The molecule has 4 saturated carbocycles. The first kappa shape index (κ1) is 25.3. The van der Waals surface area contributed by atoms with Crippen molar-refractivity contribution in [2.75, 3.05) is 0 Å². The molecule has 4 rings (SSSR count). The summed E-state index contributed by atoms with van der Waals surface area (Å²) >= 11 is 0. The summed E-state index contributed by atoms with van der Waals surface area (Å²) in [5.41, 5.74) is 1.44. The molecule has 0 aromatic heterocycles. The Morgan fingerprint density at radius 1 is 0.970 bits per heavy atom. The summed E-state index contributed by atoms with van der Waals surface area (Å²) in [6.45, 7) is 20.7. The van der Waals surface area contributed by atoms with Crippen LogP contribution >= 0.6 is 0 Å². The van der Waals surface area contributed by atoms with E-state index in [1.54, 1.807) is 0 Å². The fourth-order valence-electron chi connectivity index (χ4n) is 10.6. The molecule has 0 bridgehead atoms. The van der Waals surface area contributed by atoms with Gasteiger partial charge in [0.05, 0.1) is 5.60 Å². The molecule has 33 heavy (non-hydrogen) atoms. The second-order valence-corrected chi connectivity index (χ2v) is 14.4. The summed E-state index contributed by atoms with van der Waals surface area (Å²) in [5.74, 6) is 1.92. The van der Waals surface area contributed by atoms with Crippen molar-refractivity contribution < 1.29 is 15.0 Å². The van der Waals surface area contributed by atoms with Gasteiger partial charge in [0, 0.05) is 6.42 Å². The number of aliphatic hydroxyl groups is 1. The number of fused-ring (bicyclic) bond motifs is 5. The van der Waals surface area contributed by atoms with Crippen molar-refractivity contribution in [3.8, 4) is 0 Å². The van der Waals surface area contributed by atoms with Crippen molar-refractivity contribution in [3.05, 3.63) is 12.2 Å². The van der Waals surface area contributed by atoms with Gasteiger partial charge >= 0.3 is 5.97 Å². The topological polar surface area (TPSA) is 57.5 Å². The van der Waals surface area contributed by atoms with Crippen molar-refractivity contribution in [3.63, 3.8) is 0 Å². The van der Waals surface area contributed by atoms with Gasteiger partial charge in [0.15, 0.2) is 0 Å². The average Bonchev–Trinajstić information content (AvgIpc) is 3.05. The van der Waals surface area contributed by atoms with Gasteiger partial charge in [-0.2, -0.15) is 0 Å². The molecule has 3 heteroatoms. The molecule has 0 unspecified atom stereocenters. The fraction of sp³-hybridized carbons (Fsp3) is 0.900. The Morgan fingerprint density at radius 2 is 1.64 bits per heavy atom. The molecule has 0 spiro atoms. The van der Waals surface area contributed by atoms with E-state index >= 15 is 0 Å². The maximum Gasteiger partial charge on any atom is 0.303 e. The molecule has 0 aromatic rings. The van der Waals surface area contributed by atoms with Crippen molar-refractivity contribution in [2.24, 2.45) is 51.2 Å². The van der Waals surface area contributed by atoms with Gasteiger partial charge < -0.3 is 10.2 Å². The molecule has 188 valence electrons. The van der Waals surface area contributed by atoms with Crippen molar-refractivity contribution in [2.45, 2.75) is 118 Å². The first-order chi connectivity index (χ1) is 15.1. The number of hydrogen-bond acceptors (Lipinski definition) is 2. The molecule has 4 aliphatic carbocycles. The molecule has 4 fully saturated rings. The molecule has 0 heterocycles. The van der Waals surface area contributed by atoms with Crippen LogP contribution in [-0.2, 0) is 4.79 Å². The summed E-state index contributed by atoms with van der Waals surface area (Å²) in [6, 6.07) is 0. The highest BCUT2D eigenvalue weighted by Crippen LogP contribution is 2.76. The molecule has 2 N–H and O–H groups in total. The summed E-state index contributed by atoms with van der Waals surface area (Å²) in [5, 5.41) is 20.7. The molecular weight excluding hydrogens is 408 g/mol. The van der Waals surface area contributed by atoms with E-state index in [1.807, 2.05) is 13.8 Å². The second-order valence-electron chi connectivity index (χ2n) is 14.4. The highest BCUT2D eigenvalue weighted by atomic mass is 16.4. The lowest BCUT2D eigenvalue weighted by atomic mass is 9.34. The monoisotopic (exact) mass is 458 g/mol. The van der Waals surface area contributed by atoms with E-state index < -0.39 is 11.6 Å². The minimum absolute atomic E-state index is 0.00270. The second kappa shape index (κ2) is 7.84. The normalized spacial score (nSPS) is 49.6. The highest BCUT2D eigenvalue weighted by Gasteiger charge is 2.69. The van der Waals surface area contributed by atoms with Crippen molar-refractivity contribution >= 4 is 5.97 Å². The van der Waals surface area contributed by atoms with E-state index in [2.05, 4.69) is 41.2 Å². The zero-order chi connectivity index (χ0) is 24.6. The third-order valence-electron chi connectivity index (χ3n) is 12.5. The molecule has 0 aliphatic heterocycles. The Balaban J connectivity index is 1.75. The van der Waals surface area contributed by atoms with Crippen LogP contribution in [0.2, 0.25) is 0 Å². The molecule has 0 saturated heterocycles. The summed E-state index contributed by atoms with van der Waals surface area (Å²) in [7, 11) is 0. The Hall–Kier alpha value is -0.830. The van der Waals surface area contributed by atoms with Gasteiger partial charge in [0.2, 0.25) is 0 Å². The van der Waals surface area contributed by atoms with Gasteiger partial charge in [0.1, 0.15) is 0 Å². The zero-order valence-electron chi connectivity index (χ0n) is 22.5. The maximum absolute atomic E-state index is 11.6. The van der Waals surface area contributed by atoms with Crippen LogP contribution in [0.5, 0.6) is 0 Å². The van der Waals surface area contributed by atoms with E-state index in [0.29, 0.717) is 35.0 Å². The Bertz CT molecular complexity index is 810. The van der Waals surface area contributed by atoms with Crippen LogP contribution in [0.25, 0.3) is 0 Å². The van der Waals surface area contributed by atoms with Gasteiger partial charge in [-0.25, -0.2) is 0 Å². The van der Waals surface area contributed by atoms with Crippen LogP contribution in [0.15, 0.2) is 12.2 Å². The summed E-state index contributed by atoms with van der Waals surface area (Å²) in [6.07, 6.45) is 10.8. The van der Waals surface area contributed by atoms with E-state index in [4.69, 9.17) is 0 Å². The van der Waals surface area contributed by atoms with Crippen LogP contribution in [0.1, 0.15) is 113 Å². The van der Waals surface area contributed by atoms with Crippen molar-refractivity contribution in [1.82, 2.24) is 0 Å². The average molecular weight is 459 g/mol. The molecule has 9 atom stereocenters. The molecule has 4 aliphatic rings. The maximum atomic E-state index is 11.6. The fourth-order valence-corrected chi connectivity index (χ4v) is 10.6. The molecule has 0 aromatic carbocycles. The summed E-state index contributed by atoms with van der Waals surface area (Å²) in [4.78, 5) is 11.6. The lowest BCUT2D eigenvalue weighted by molar-refractivity contribution is -0.221. The first-order valence-corrected chi connectivity index (χ1v) is 13.7. The largest absolute Gasteiger partial charge is 0.481 e. The lowest BCUT2D eigenvalue weighted by Gasteiger charge is -2.71. The molecule has 0 amide bonds. The third-order valence-corrected chi connectivity index (χ3v) is 12.5. The highest BCUT2D eigenvalue weighted by molar-refractivity contribution is 5.66. The Labute approximate surface area is 202 Å². The summed E-state index contributed by atoms with van der Waals surface area (Å²) < 4.78 is 0. The SMILES string of the molecule is C=C(C)[C@@H]1CC[C@]2(C)[C@H](CC[C@@H]3[C@H]4[C@H](C(C)(C)O)CC[C@]4(C)CC[C@]32C)[C@@]1(C)CCC(=O)O. The van der Waals surface area contributed by atoms with Crippen LogP contribution in [0.4, 0.5) is 0 Å². The van der Waals surface area contributed by atoms with Crippen molar-refractivity contribution in [1.29, 1.82) is 0 Å². The van der Waals surface area contributed by atoms with E-state index in [-0.39, 0.29) is 22.7 Å². The lowest BCUT2D eigenvalue weighted by Crippen LogP contribution is -2.64. The minimum Gasteiger partial charge on any atom is -0.481 e. The van der Waals surface area contributed by atoms with Gasteiger partial charge in [-0.05, 0) is 130 Å². The van der Waals surface area contributed by atoms with Gasteiger partial charge in [-0.15, -0.1) is 0 Å². The number of hydrogen-bond donors (Lipinski definition) is 2. The molecule has 0 radical (unpaired) electrons. The van der Waals surface area contributed by atoms with Gasteiger partial charge in [-0.1, -0.05) is 39.8 Å². The number of carbonyl (C=O) groups is 1. The standard InChI is InChI=1S/C30H50O3/c1-19(2)20-12-16-30(8)23(28(20,6)15-13-24(31)32)10-9-22-25-21(26(3,4)33)11-14-27(25,5)17-18-29(22,30)7/h20-23,25,33H,1,9-18H2,2-8H3,(H,31,32)/t20-,21+,22+,23+,25+,27+,28-,29+,30+/m0/s1. The number of aliphatic carboxylic acids is 1. The predicted octanol–water partition coefficient (Wildman–Crippen LogP) is 7.48. The quantitative estimate of drug-likeness (QED) is 0.420. The Morgan fingerprint density at radius 3 is 2.21 bits per heavy atom. The predicted molar refractivity (Wildman–Crippen MR) is 135 cm³/mol. The van der Waals surface area contributed by atoms with Gasteiger partial charge in [-0.3, -0.25) is 4.79 Å².